The van der Waals surface area contributed by atoms with Crippen molar-refractivity contribution in [3.8, 4) is 11.1 Å². The average molecular weight is 374 g/mol. The Bertz CT molecular complexity index is 1090. The Kier molecular flexibility index (Phi) is 4.27. The first kappa shape index (κ1) is 17.6. The normalized spacial score (nSPS) is 21.8. The van der Waals surface area contributed by atoms with E-state index in [-0.39, 0.29) is 5.56 Å². The van der Waals surface area contributed by atoms with Crippen LogP contribution < -0.4 is 5.56 Å². The van der Waals surface area contributed by atoms with Gasteiger partial charge in [-0.25, -0.2) is 9.97 Å². The second-order valence-corrected chi connectivity index (χ2v) is 8.83. The van der Waals surface area contributed by atoms with Crippen molar-refractivity contribution in [2.75, 3.05) is 19.6 Å². The minimum atomic E-state index is 0.127. The molecule has 28 heavy (non-hydrogen) atoms. The van der Waals surface area contributed by atoms with E-state index in [1.807, 2.05) is 16.8 Å². The highest BCUT2D eigenvalue weighted by Crippen LogP contribution is 2.37. The molecule has 5 heteroatoms. The van der Waals surface area contributed by atoms with Gasteiger partial charge >= 0.3 is 0 Å². The molecule has 2 aliphatic heterocycles. The number of pyridine rings is 1. The average Bonchev–Trinajstić information content (AvgIpc) is 2.67. The monoisotopic (exact) mass is 374 g/mol. The molecule has 144 valence electrons. The maximum atomic E-state index is 12.9. The first-order valence-corrected chi connectivity index (χ1v) is 10.2. The van der Waals surface area contributed by atoms with Gasteiger partial charge in [0, 0.05) is 55.4 Å². The van der Waals surface area contributed by atoms with Gasteiger partial charge < -0.3 is 9.47 Å². The van der Waals surface area contributed by atoms with Crippen molar-refractivity contribution in [1.82, 2.24) is 19.4 Å². The molecule has 0 aliphatic carbocycles. The second kappa shape index (κ2) is 6.82. The number of hydrogen-bond donors (Lipinski definition) is 0. The Morgan fingerprint density at radius 1 is 1.11 bits per heavy atom. The van der Waals surface area contributed by atoms with Gasteiger partial charge in [-0.3, -0.25) is 4.79 Å². The second-order valence-electron chi connectivity index (χ2n) is 8.83. The summed E-state index contributed by atoms with van der Waals surface area (Å²) in [6, 6.07) is 10.2. The van der Waals surface area contributed by atoms with Crippen molar-refractivity contribution in [3.05, 3.63) is 58.9 Å². The highest BCUT2D eigenvalue weighted by atomic mass is 16.1. The fourth-order valence-electron chi connectivity index (χ4n) is 5.04. The molecule has 2 aromatic heterocycles. The molecule has 0 N–H and O–H groups in total. The smallest absolute Gasteiger partial charge is 0.251 e. The Labute approximate surface area is 165 Å². The maximum Gasteiger partial charge on any atom is 0.251 e. The van der Waals surface area contributed by atoms with Crippen LogP contribution in [0.25, 0.3) is 22.0 Å². The van der Waals surface area contributed by atoms with Crippen LogP contribution in [0.3, 0.4) is 0 Å². The molecule has 5 rings (SSSR count). The summed E-state index contributed by atoms with van der Waals surface area (Å²) < 4.78 is 2.03. The zero-order valence-corrected chi connectivity index (χ0v) is 16.5. The summed E-state index contributed by atoms with van der Waals surface area (Å²) in [6.45, 7) is 8.73. The fraction of sp³-hybridized carbons (Fsp3) is 0.435. The van der Waals surface area contributed by atoms with Crippen LogP contribution in [0.1, 0.15) is 31.9 Å². The summed E-state index contributed by atoms with van der Waals surface area (Å²) in [4.78, 5) is 24.0. The van der Waals surface area contributed by atoms with Crippen LogP contribution in [0.5, 0.6) is 0 Å². The van der Waals surface area contributed by atoms with Gasteiger partial charge in [0.15, 0.2) is 0 Å². The van der Waals surface area contributed by atoms with E-state index in [9.17, 15) is 4.79 Å². The third kappa shape index (κ3) is 3.14. The Morgan fingerprint density at radius 2 is 2.00 bits per heavy atom. The maximum absolute atomic E-state index is 12.9. The van der Waals surface area contributed by atoms with Gasteiger partial charge in [0.1, 0.15) is 6.33 Å². The topological polar surface area (TPSA) is 51.0 Å². The van der Waals surface area contributed by atoms with Gasteiger partial charge in [-0.15, -0.1) is 0 Å². The largest absolute Gasteiger partial charge is 0.312 e. The molecule has 3 aromatic rings. The number of nitrogens with zero attached hydrogens (tertiary/aromatic N) is 4. The zero-order valence-electron chi connectivity index (χ0n) is 16.5. The standard InChI is InChI=1S/C23H26N4O/c1-15(2)10-26-11-16-5-20(13-26)22-7-19(8-23(28)27(22)12-16)17-3-4-18-9-24-14-25-21(18)6-17/h3-4,6-9,14-16,20H,5,10-13H2,1-2H3/t16-,20+/m0/s1. The van der Waals surface area contributed by atoms with Crippen molar-refractivity contribution >= 4 is 10.9 Å². The lowest BCUT2D eigenvalue weighted by Gasteiger charge is -2.43. The number of likely N-dealkylation sites (tertiary alicyclic amines) is 1. The highest BCUT2D eigenvalue weighted by molar-refractivity contribution is 5.83. The van der Waals surface area contributed by atoms with Gasteiger partial charge in [0.05, 0.1) is 5.52 Å². The van der Waals surface area contributed by atoms with E-state index in [0.717, 1.165) is 48.2 Å². The van der Waals surface area contributed by atoms with Gasteiger partial charge in [-0.2, -0.15) is 0 Å². The Hall–Kier alpha value is -2.53. The summed E-state index contributed by atoms with van der Waals surface area (Å²) in [6.07, 6.45) is 4.58. The number of hydrogen-bond acceptors (Lipinski definition) is 4. The van der Waals surface area contributed by atoms with Gasteiger partial charge in [-0.1, -0.05) is 26.0 Å². The summed E-state index contributed by atoms with van der Waals surface area (Å²) >= 11 is 0. The van der Waals surface area contributed by atoms with Crippen LogP contribution in [-0.4, -0.2) is 39.1 Å². The van der Waals surface area contributed by atoms with Crippen LogP contribution in [0.2, 0.25) is 0 Å². The van der Waals surface area contributed by atoms with Crippen LogP contribution in [0.15, 0.2) is 47.7 Å². The lowest BCUT2D eigenvalue weighted by Crippen LogP contribution is -2.48. The zero-order chi connectivity index (χ0) is 19.3. The van der Waals surface area contributed by atoms with E-state index in [4.69, 9.17) is 0 Å². The predicted molar refractivity (Wildman–Crippen MR) is 111 cm³/mol. The summed E-state index contributed by atoms with van der Waals surface area (Å²) in [5.74, 6) is 1.71. The van der Waals surface area contributed by atoms with E-state index in [0.29, 0.717) is 17.8 Å². The number of piperidine rings is 1. The van der Waals surface area contributed by atoms with Gasteiger partial charge in [0.25, 0.3) is 5.56 Å². The summed E-state index contributed by atoms with van der Waals surface area (Å²) in [5.41, 5.74) is 4.28. The van der Waals surface area contributed by atoms with Crippen molar-refractivity contribution < 1.29 is 0 Å². The molecule has 2 atom stereocenters. The van der Waals surface area contributed by atoms with Crippen LogP contribution >= 0.6 is 0 Å². The molecule has 2 aliphatic rings. The third-order valence-corrected chi connectivity index (χ3v) is 6.10. The van der Waals surface area contributed by atoms with E-state index in [1.54, 1.807) is 12.4 Å². The van der Waals surface area contributed by atoms with E-state index >= 15 is 0 Å². The fourth-order valence-corrected chi connectivity index (χ4v) is 5.04. The summed E-state index contributed by atoms with van der Waals surface area (Å²) in [7, 11) is 0. The molecule has 5 nitrogen and oxygen atoms in total. The minimum Gasteiger partial charge on any atom is -0.312 e. The summed E-state index contributed by atoms with van der Waals surface area (Å²) in [5, 5.41) is 1.01. The minimum absolute atomic E-state index is 0.127. The van der Waals surface area contributed by atoms with Gasteiger partial charge in [-0.05, 0) is 41.5 Å². The molecule has 1 saturated heterocycles. The SMILES string of the molecule is CC(C)CN1C[C@@H]2C[C@H](C1)c1cc(-c3ccc4cncnc4c3)cc(=O)n1C2. The highest BCUT2D eigenvalue weighted by Gasteiger charge is 2.34. The van der Waals surface area contributed by atoms with Gasteiger partial charge in [0.2, 0.25) is 0 Å². The number of aromatic nitrogens is 3. The Balaban J connectivity index is 1.54. The first-order chi connectivity index (χ1) is 13.6. The molecule has 0 spiro atoms. The molecule has 0 radical (unpaired) electrons. The number of fused-ring (bicyclic) bond motifs is 5. The molecule has 1 aromatic carbocycles. The molecule has 4 heterocycles. The van der Waals surface area contributed by atoms with E-state index < -0.39 is 0 Å². The molecular formula is C23H26N4O. The van der Waals surface area contributed by atoms with Crippen LogP contribution in [-0.2, 0) is 6.54 Å². The van der Waals surface area contributed by atoms with Crippen LogP contribution in [0, 0.1) is 11.8 Å². The van der Waals surface area contributed by atoms with Crippen molar-refractivity contribution in [2.24, 2.45) is 11.8 Å². The first-order valence-electron chi connectivity index (χ1n) is 10.2. The molecule has 1 fully saturated rings. The van der Waals surface area contributed by atoms with E-state index in [2.05, 4.69) is 46.9 Å². The van der Waals surface area contributed by atoms with Crippen molar-refractivity contribution in [2.45, 2.75) is 32.7 Å². The lowest BCUT2D eigenvalue weighted by atomic mass is 9.82. The third-order valence-electron chi connectivity index (χ3n) is 6.10. The van der Waals surface area contributed by atoms with Crippen molar-refractivity contribution in [3.63, 3.8) is 0 Å². The lowest BCUT2D eigenvalue weighted by molar-refractivity contribution is 0.109. The van der Waals surface area contributed by atoms with Crippen molar-refractivity contribution in [1.29, 1.82) is 0 Å². The van der Waals surface area contributed by atoms with E-state index in [1.165, 1.54) is 12.1 Å². The quantitative estimate of drug-likeness (QED) is 0.704. The Morgan fingerprint density at radius 3 is 2.86 bits per heavy atom. The molecular weight excluding hydrogens is 348 g/mol. The molecule has 0 amide bonds. The molecule has 0 saturated carbocycles. The van der Waals surface area contributed by atoms with Crippen LogP contribution in [0.4, 0.5) is 0 Å². The molecule has 2 bridgehead atoms. The molecule has 0 unspecified atom stereocenters. The predicted octanol–water partition coefficient (Wildman–Crippen LogP) is 3.53. The number of rotatable bonds is 3. The number of benzene rings is 1.